The maximum Gasteiger partial charge on any atom is 0.259 e. The van der Waals surface area contributed by atoms with Gasteiger partial charge in [-0.05, 0) is 43.5 Å². The topological polar surface area (TPSA) is 31.2 Å². The summed E-state index contributed by atoms with van der Waals surface area (Å²) < 4.78 is 7.12. The van der Waals surface area contributed by atoms with Crippen LogP contribution in [0.3, 0.4) is 0 Å². The summed E-state index contributed by atoms with van der Waals surface area (Å²) in [5.41, 5.74) is -0.0680. The largest absolute Gasteiger partial charge is 0.491 e. The van der Waals surface area contributed by atoms with Crippen LogP contribution < -0.4 is 10.3 Å². The molecule has 18 heavy (non-hydrogen) atoms. The summed E-state index contributed by atoms with van der Waals surface area (Å²) in [6, 6.07) is 7.34. The van der Waals surface area contributed by atoms with Crippen molar-refractivity contribution in [3.05, 3.63) is 40.8 Å². The Morgan fingerprint density at radius 2 is 2.17 bits per heavy atom. The molecule has 0 N–H and O–H groups in total. The van der Waals surface area contributed by atoms with Gasteiger partial charge >= 0.3 is 0 Å². The minimum absolute atomic E-state index is 0.0680. The number of aromatic nitrogens is 1. The van der Waals surface area contributed by atoms with E-state index < -0.39 is 0 Å². The summed E-state index contributed by atoms with van der Waals surface area (Å²) >= 11 is 0. The fourth-order valence-electron chi connectivity index (χ4n) is 1.83. The lowest BCUT2D eigenvalue weighted by Crippen LogP contribution is -2.18. The first-order valence-electron chi connectivity index (χ1n) is 5.85. The SMILES string of the molecule is C#CCn1ccc2cc(OC(C)C)ccc2c1=O. The van der Waals surface area contributed by atoms with Crippen molar-refractivity contribution in [2.24, 2.45) is 0 Å². The molecule has 0 unspecified atom stereocenters. The Balaban J connectivity index is 2.51. The third kappa shape index (κ3) is 2.38. The van der Waals surface area contributed by atoms with Gasteiger partial charge in [-0.2, -0.15) is 0 Å². The molecule has 0 aliphatic heterocycles. The van der Waals surface area contributed by atoms with Crippen molar-refractivity contribution in [2.45, 2.75) is 26.5 Å². The van der Waals surface area contributed by atoms with Crippen molar-refractivity contribution in [3.8, 4) is 18.1 Å². The fraction of sp³-hybridized carbons (Fsp3) is 0.267. The molecule has 0 saturated carbocycles. The number of fused-ring (bicyclic) bond motifs is 1. The van der Waals surface area contributed by atoms with E-state index in [1.165, 1.54) is 4.57 Å². The van der Waals surface area contributed by atoms with Gasteiger partial charge in [0, 0.05) is 11.6 Å². The lowest BCUT2D eigenvalue weighted by molar-refractivity contribution is 0.243. The second-order valence-corrected chi connectivity index (χ2v) is 4.37. The van der Waals surface area contributed by atoms with Crippen LogP contribution in [0.4, 0.5) is 0 Å². The van der Waals surface area contributed by atoms with Crippen molar-refractivity contribution < 1.29 is 4.74 Å². The lowest BCUT2D eigenvalue weighted by Gasteiger charge is -2.10. The molecule has 92 valence electrons. The molecule has 3 heteroatoms. The molecule has 3 nitrogen and oxygen atoms in total. The molecule has 0 amide bonds. The Morgan fingerprint density at radius 3 is 2.83 bits per heavy atom. The number of hydrogen-bond donors (Lipinski definition) is 0. The van der Waals surface area contributed by atoms with E-state index in [4.69, 9.17) is 11.2 Å². The van der Waals surface area contributed by atoms with E-state index >= 15 is 0 Å². The third-order valence-electron chi connectivity index (χ3n) is 2.58. The summed E-state index contributed by atoms with van der Waals surface area (Å²) in [4.78, 5) is 12.1. The Bertz CT molecular complexity index is 662. The minimum Gasteiger partial charge on any atom is -0.491 e. The van der Waals surface area contributed by atoms with Crippen LogP contribution in [0.5, 0.6) is 5.75 Å². The molecule has 0 atom stereocenters. The van der Waals surface area contributed by atoms with Gasteiger partial charge in [-0.3, -0.25) is 4.79 Å². The van der Waals surface area contributed by atoms with E-state index in [2.05, 4.69) is 5.92 Å². The zero-order valence-corrected chi connectivity index (χ0v) is 10.5. The number of terminal acetylenes is 1. The summed E-state index contributed by atoms with van der Waals surface area (Å²) in [5.74, 6) is 3.24. The molecule has 2 aromatic rings. The van der Waals surface area contributed by atoms with Crippen molar-refractivity contribution in [3.63, 3.8) is 0 Å². The second kappa shape index (κ2) is 4.97. The van der Waals surface area contributed by atoms with Crippen molar-refractivity contribution in [1.82, 2.24) is 4.57 Å². The van der Waals surface area contributed by atoms with Crippen LogP contribution in [0.1, 0.15) is 13.8 Å². The Morgan fingerprint density at radius 1 is 1.39 bits per heavy atom. The zero-order chi connectivity index (χ0) is 13.1. The van der Waals surface area contributed by atoms with Gasteiger partial charge in [0.2, 0.25) is 0 Å². The van der Waals surface area contributed by atoms with Crippen LogP contribution in [0.25, 0.3) is 10.8 Å². The van der Waals surface area contributed by atoms with E-state index in [1.807, 2.05) is 32.0 Å². The monoisotopic (exact) mass is 241 g/mol. The lowest BCUT2D eigenvalue weighted by atomic mass is 10.1. The first-order valence-corrected chi connectivity index (χ1v) is 5.85. The Kier molecular flexibility index (Phi) is 3.38. The first-order chi connectivity index (χ1) is 8.61. The molecule has 0 fully saturated rings. The number of nitrogens with zero attached hydrogens (tertiary/aromatic N) is 1. The molecular formula is C15H15NO2. The third-order valence-corrected chi connectivity index (χ3v) is 2.58. The molecule has 0 radical (unpaired) electrons. The Labute approximate surface area is 106 Å². The average molecular weight is 241 g/mol. The molecule has 1 aromatic heterocycles. The van der Waals surface area contributed by atoms with E-state index in [1.54, 1.807) is 12.3 Å². The van der Waals surface area contributed by atoms with Gasteiger partial charge < -0.3 is 9.30 Å². The highest BCUT2D eigenvalue weighted by Gasteiger charge is 2.04. The standard InChI is InChI=1S/C15H15NO2/c1-4-8-16-9-7-12-10-13(18-11(2)3)5-6-14(12)15(16)17/h1,5-7,9-11H,8H2,2-3H3. The quantitative estimate of drug-likeness (QED) is 0.773. The highest BCUT2D eigenvalue weighted by Crippen LogP contribution is 2.19. The smallest absolute Gasteiger partial charge is 0.259 e. The molecule has 1 aromatic carbocycles. The van der Waals surface area contributed by atoms with E-state index in [0.29, 0.717) is 11.9 Å². The Hall–Kier alpha value is -2.21. The summed E-state index contributed by atoms with van der Waals surface area (Å²) in [6.07, 6.45) is 7.05. The molecular weight excluding hydrogens is 226 g/mol. The number of rotatable bonds is 3. The van der Waals surface area contributed by atoms with E-state index in [-0.39, 0.29) is 11.7 Å². The van der Waals surface area contributed by atoms with Crippen LogP contribution in [0.15, 0.2) is 35.3 Å². The van der Waals surface area contributed by atoms with Crippen LogP contribution in [-0.4, -0.2) is 10.7 Å². The van der Waals surface area contributed by atoms with Crippen LogP contribution in [0.2, 0.25) is 0 Å². The molecule has 2 rings (SSSR count). The summed E-state index contributed by atoms with van der Waals surface area (Å²) in [7, 11) is 0. The van der Waals surface area contributed by atoms with Gasteiger partial charge in [-0.15, -0.1) is 6.42 Å². The molecule has 0 aliphatic rings. The second-order valence-electron chi connectivity index (χ2n) is 4.37. The van der Waals surface area contributed by atoms with E-state index in [9.17, 15) is 4.79 Å². The van der Waals surface area contributed by atoms with Crippen LogP contribution in [-0.2, 0) is 6.54 Å². The first kappa shape index (κ1) is 12.3. The predicted octanol–water partition coefficient (Wildman–Crippen LogP) is 2.42. The van der Waals surface area contributed by atoms with Crippen molar-refractivity contribution in [2.75, 3.05) is 0 Å². The molecule has 0 spiro atoms. The molecule has 0 aliphatic carbocycles. The predicted molar refractivity (Wildman–Crippen MR) is 72.8 cm³/mol. The zero-order valence-electron chi connectivity index (χ0n) is 10.5. The highest BCUT2D eigenvalue weighted by atomic mass is 16.5. The van der Waals surface area contributed by atoms with Crippen LogP contribution in [0, 0.1) is 12.3 Å². The normalized spacial score (nSPS) is 10.6. The molecule has 0 bridgehead atoms. The van der Waals surface area contributed by atoms with Crippen molar-refractivity contribution in [1.29, 1.82) is 0 Å². The number of ether oxygens (including phenoxy) is 1. The van der Waals surface area contributed by atoms with E-state index in [0.717, 1.165) is 11.1 Å². The van der Waals surface area contributed by atoms with Gasteiger partial charge in [0.15, 0.2) is 0 Å². The van der Waals surface area contributed by atoms with Crippen LogP contribution >= 0.6 is 0 Å². The molecule has 0 saturated heterocycles. The number of pyridine rings is 1. The summed E-state index contributed by atoms with van der Waals surface area (Å²) in [6.45, 7) is 4.23. The van der Waals surface area contributed by atoms with Gasteiger partial charge in [0.1, 0.15) is 5.75 Å². The van der Waals surface area contributed by atoms with Gasteiger partial charge in [0.05, 0.1) is 12.6 Å². The maximum absolute atomic E-state index is 12.1. The number of hydrogen-bond acceptors (Lipinski definition) is 2. The minimum atomic E-state index is -0.0680. The van der Waals surface area contributed by atoms with Gasteiger partial charge in [0.25, 0.3) is 5.56 Å². The fourth-order valence-corrected chi connectivity index (χ4v) is 1.83. The average Bonchev–Trinajstić information content (AvgIpc) is 2.32. The van der Waals surface area contributed by atoms with Gasteiger partial charge in [-0.25, -0.2) is 0 Å². The maximum atomic E-state index is 12.1. The summed E-state index contributed by atoms with van der Waals surface area (Å²) in [5, 5.41) is 1.52. The highest BCUT2D eigenvalue weighted by molar-refractivity contribution is 5.82. The van der Waals surface area contributed by atoms with Crippen molar-refractivity contribution >= 4 is 10.8 Å². The molecule has 1 heterocycles. The van der Waals surface area contributed by atoms with Gasteiger partial charge in [-0.1, -0.05) is 5.92 Å². The number of benzene rings is 1.